The van der Waals surface area contributed by atoms with Crippen molar-refractivity contribution in [3.05, 3.63) is 65.4 Å². The molecule has 0 bridgehead atoms. The maximum atomic E-state index is 6.61. The van der Waals surface area contributed by atoms with Gasteiger partial charge in [-0.1, -0.05) is 43.5 Å². The van der Waals surface area contributed by atoms with E-state index in [1.54, 1.807) is 14.2 Å². The summed E-state index contributed by atoms with van der Waals surface area (Å²) < 4.78 is 10.6. The van der Waals surface area contributed by atoms with Crippen molar-refractivity contribution in [2.75, 3.05) is 14.2 Å². The summed E-state index contributed by atoms with van der Waals surface area (Å²) in [5.74, 6) is 1.75. The Kier molecular flexibility index (Phi) is 5.79. The van der Waals surface area contributed by atoms with Crippen LogP contribution in [0.1, 0.15) is 43.2 Å². The van der Waals surface area contributed by atoms with E-state index < -0.39 is 0 Å². The molecule has 1 unspecified atom stereocenters. The van der Waals surface area contributed by atoms with Gasteiger partial charge in [-0.2, -0.15) is 0 Å². The van der Waals surface area contributed by atoms with Gasteiger partial charge in [0.2, 0.25) is 0 Å². The first-order chi connectivity index (χ1) is 14.1. The van der Waals surface area contributed by atoms with E-state index in [0.29, 0.717) is 0 Å². The lowest BCUT2D eigenvalue weighted by molar-refractivity contribution is 0.0727. The second-order valence-corrected chi connectivity index (χ2v) is 7.99. The predicted molar refractivity (Wildman–Crippen MR) is 116 cm³/mol. The summed E-state index contributed by atoms with van der Waals surface area (Å²) in [6, 6.07) is 16.5. The lowest BCUT2D eigenvalue weighted by atomic mass is 9.78. The highest BCUT2D eigenvalue weighted by atomic mass is 16.5. The Hall–Kier alpha value is -2.50. The molecule has 5 nitrogen and oxygen atoms in total. The summed E-state index contributed by atoms with van der Waals surface area (Å²) in [6.45, 7) is 0.818. The fraction of sp³-hybridized carbons (Fsp3) is 0.417. The van der Waals surface area contributed by atoms with Gasteiger partial charge < -0.3 is 14.8 Å². The van der Waals surface area contributed by atoms with Gasteiger partial charge in [0.15, 0.2) is 0 Å². The van der Waals surface area contributed by atoms with Crippen LogP contribution in [0.3, 0.4) is 0 Å². The number of nitrogens with two attached hydrogens (primary N) is 1. The van der Waals surface area contributed by atoms with Crippen LogP contribution in [0.25, 0.3) is 6.08 Å². The van der Waals surface area contributed by atoms with Crippen molar-refractivity contribution in [1.29, 1.82) is 0 Å². The van der Waals surface area contributed by atoms with Gasteiger partial charge in [0.1, 0.15) is 17.8 Å². The number of hydrogen-bond acceptors (Lipinski definition) is 5. The molecule has 1 heterocycles. The maximum absolute atomic E-state index is 6.61. The molecule has 29 heavy (non-hydrogen) atoms. The number of nitrogens with zero attached hydrogens (tertiary/aromatic N) is 1. The molecule has 1 saturated heterocycles. The number of rotatable bonds is 5. The summed E-state index contributed by atoms with van der Waals surface area (Å²) in [5, 5.41) is 3.59. The zero-order valence-corrected chi connectivity index (χ0v) is 17.4. The minimum Gasteiger partial charge on any atom is -0.497 e. The van der Waals surface area contributed by atoms with Crippen LogP contribution in [0.15, 0.2) is 54.2 Å². The highest BCUT2D eigenvalue weighted by Gasteiger charge is 2.48. The topological polar surface area (TPSA) is 59.8 Å². The molecule has 154 valence electrons. The Balaban J connectivity index is 1.64. The number of ether oxygens (including phenoxy) is 2. The van der Waals surface area contributed by atoms with E-state index in [4.69, 9.17) is 15.2 Å². The number of benzene rings is 2. The Morgan fingerprint density at radius 2 is 1.55 bits per heavy atom. The molecule has 1 atom stereocenters. The van der Waals surface area contributed by atoms with Gasteiger partial charge in [-0.25, -0.2) is 0 Å². The molecular weight excluding hydrogens is 362 g/mol. The Morgan fingerprint density at radius 1 is 0.966 bits per heavy atom. The Bertz CT molecular complexity index is 839. The largest absolute Gasteiger partial charge is 0.497 e. The van der Waals surface area contributed by atoms with Crippen molar-refractivity contribution in [2.45, 2.75) is 50.5 Å². The molecule has 3 N–H and O–H groups in total. The van der Waals surface area contributed by atoms with Crippen molar-refractivity contribution >= 4 is 6.08 Å². The van der Waals surface area contributed by atoms with Crippen molar-refractivity contribution < 1.29 is 9.47 Å². The monoisotopic (exact) mass is 393 g/mol. The molecule has 4 rings (SSSR count). The van der Waals surface area contributed by atoms with Crippen LogP contribution in [-0.2, 0) is 6.54 Å². The van der Waals surface area contributed by atoms with Crippen molar-refractivity contribution in [1.82, 2.24) is 10.2 Å². The highest BCUT2D eigenvalue weighted by Crippen LogP contribution is 2.44. The zero-order chi connectivity index (χ0) is 20.3. The molecular formula is C24H31N3O2. The van der Waals surface area contributed by atoms with E-state index in [-0.39, 0.29) is 11.8 Å². The van der Waals surface area contributed by atoms with Gasteiger partial charge in [-0.05, 0) is 54.3 Å². The molecule has 1 aliphatic carbocycles. The van der Waals surface area contributed by atoms with Gasteiger partial charge in [0.25, 0.3) is 0 Å². The smallest absolute Gasteiger partial charge is 0.133 e. The normalized spacial score (nSPS) is 22.6. The molecule has 0 radical (unpaired) electrons. The molecule has 2 aromatic carbocycles. The van der Waals surface area contributed by atoms with Crippen LogP contribution in [0.5, 0.6) is 11.5 Å². The second kappa shape index (κ2) is 8.47. The van der Waals surface area contributed by atoms with E-state index in [1.165, 1.54) is 30.5 Å². The first-order valence-electron chi connectivity index (χ1n) is 10.4. The van der Waals surface area contributed by atoms with Crippen LogP contribution in [0.2, 0.25) is 0 Å². The third-order valence-electron chi connectivity index (χ3n) is 6.31. The van der Waals surface area contributed by atoms with Gasteiger partial charge in [0, 0.05) is 12.2 Å². The molecule has 5 heteroatoms. The zero-order valence-electron chi connectivity index (χ0n) is 17.4. The van der Waals surface area contributed by atoms with E-state index in [2.05, 4.69) is 40.6 Å². The first-order valence-corrected chi connectivity index (χ1v) is 10.4. The molecule has 2 aromatic rings. The third kappa shape index (κ3) is 3.98. The number of hydrogen-bond donors (Lipinski definition) is 2. The van der Waals surface area contributed by atoms with Crippen LogP contribution in [0, 0.1) is 0 Å². The molecule has 2 fully saturated rings. The molecule has 1 aliphatic heterocycles. The van der Waals surface area contributed by atoms with Gasteiger partial charge in [-0.3, -0.25) is 10.6 Å². The summed E-state index contributed by atoms with van der Waals surface area (Å²) in [4.78, 5) is 2.45. The third-order valence-corrected chi connectivity index (χ3v) is 6.31. The van der Waals surface area contributed by atoms with E-state index in [0.717, 1.165) is 36.4 Å². The summed E-state index contributed by atoms with van der Waals surface area (Å²) >= 11 is 0. The van der Waals surface area contributed by atoms with Gasteiger partial charge in [-0.15, -0.1) is 0 Å². The molecule has 1 saturated carbocycles. The van der Waals surface area contributed by atoms with Crippen molar-refractivity contribution in [3.8, 4) is 11.5 Å². The SMILES string of the molecule is COc1ccc(/C=C2\NC(N)N(Cc3ccc(OC)cc3)C23CCCCC3)cc1. The highest BCUT2D eigenvalue weighted by molar-refractivity contribution is 5.57. The maximum Gasteiger partial charge on any atom is 0.133 e. The average molecular weight is 394 g/mol. The fourth-order valence-electron chi connectivity index (χ4n) is 4.71. The van der Waals surface area contributed by atoms with Gasteiger partial charge >= 0.3 is 0 Å². The summed E-state index contributed by atoms with van der Waals surface area (Å²) in [7, 11) is 3.39. The molecule has 0 aromatic heterocycles. The molecule has 0 amide bonds. The number of nitrogens with one attached hydrogen (secondary N) is 1. The van der Waals surface area contributed by atoms with E-state index in [1.807, 2.05) is 24.3 Å². The predicted octanol–water partition coefficient (Wildman–Crippen LogP) is 4.10. The lowest BCUT2D eigenvalue weighted by Crippen LogP contribution is -2.52. The fourth-order valence-corrected chi connectivity index (χ4v) is 4.71. The Morgan fingerprint density at radius 3 is 2.14 bits per heavy atom. The van der Waals surface area contributed by atoms with Crippen molar-refractivity contribution in [3.63, 3.8) is 0 Å². The number of methoxy groups -OCH3 is 2. The standard InChI is InChI=1S/C24H31N3O2/c1-28-20-10-6-18(7-11-20)16-22-24(14-4-3-5-15-24)27(23(25)26-22)17-19-8-12-21(29-2)13-9-19/h6-13,16,23,26H,3-5,14-15,17,25H2,1-2H3/b22-16-. The first kappa shape index (κ1) is 19.8. The lowest BCUT2D eigenvalue weighted by Gasteiger charge is -2.42. The van der Waals surface area contributed by atoms with Crippen LogP contribution < -0.4 is 20.5 Å². The van der Waals surface area contributed by atoms with E-state index >= 15 is 0 Å². The van der Waals surface area contributed by atoms with Crippen molar-refractivity contribution in [2.24, 2.45) is 5.73 Å². The summed E-state index contributed by atoms with van der Waals surface area (Å²) in [6.07, 6.45) is 8.08. The molecule has 2 aliphatic rings. The van der Waals surface area contributed by atoms with Crippen LogP contribution in [0.4, 0.5) is 0 Å². The van der Waals surface area contributed by atoms with Crippen LogP contribution in [-0.4, -0.2) is 30.9 Å². The quantitative estimate of drug-likeness (QED) is 0.801. The minimum atomic E-state index is -0.195. The summed E-state index contributed by atoms with van der Waals surface area (Å²) in [5.41, 5.74) is 10.2. The van der Waals surface area contributed by atoms with Gasteiger partial charge in [0.05, 0.1) is 19.8 Å². The molecule has 1 spiro atoms. The van der Waals surface area contributed by atoms with E-state index in [9.17, 15) is 0 Å². The van der Waals surface area contributed by atoms with Crippen LogP contribution >= 0.6 is 0 Å². The average Bonchev–Trinajstić information content (AvgIpc) is 3.00. The minimum absolute atomic E-state index is 0.0302. The Labute approximate surface area is 173 Å². The second-order valence-electron chi connectivity index (χ2n) is 7.99.